The van der Waals surface area contributed by atoms with Gasteiger partial charge in [0.2, 0.25) is 0 Å². The van der Waals surface area contributed by atoms with Gasteiger partial charge in [-0.25, -0.2) is 4.39 Å². The molecule has 1 aliphatic rings. The van der Waals surface area contributed by atoms with Crippen LogP contribution in [0.15, 0.2) is 36.4 Å². The number of benzene rings is 1. The van der Waals surface area contributed by atoms with Gasteiger partial charge in [-0.3, -0.25) is 9.80 Å². The molecule has 0 radical (unpaired) electrons. The monoisotopic (exact) mass is 331 g/mol. The molecule has 24 heavy (non-hydrogen) atoms. The van der Waals surface area contributed by atoms with E-state index in [2.05, 4.69) is 47.6 Å². The minimum Gasteiger partial charge on any atom is -0.379 e. The van der Waals surface area contributed by atoms with E-state index in [-0.39, 0.29) is 11.9 Å². The van der Waals surface area contributed by atoms with Crippen molar-refractivity contribution in [1.82, 2.24) is 14.4 Å². The van der Waals surface area contributed by atoms with Crippen LogP contribution in [0.1, 0.15) is 23.0 Å². The van der Waals surface area contributed by atoms with E-state index in [0.29, 0.717) is 0 Å². The molecule has 0 aliphatic carbocycles. The van der Waals surface area contributed by atoms with Gasteiger partial charge in [0, 0.05) is 38.1 Å². The molecular formula is C19H26FN3O. The summed E-state index contributed by atoms with van der Waals surface area (Å²) in [5.41, 5.74) is 3.61. The predicted octanol–water partition coefficient (Wildman–Crippen LogP) is 2.65. The number of ether oxygens (including phenoxy) is 1. The molecule has 1 aromatic heterocycles. The summed E-state index contributed by atoms with van der Waals surface area (Å²) in [5, 5.41) is 0. The van der Waals surface area contributed by atoms with E-state index in [4.69, 9.17) is 4.74 Å². The number of hydrogen-bond acceptors (Lipinski definition) is 3. The quantitative estimate of drug-likeness (QED) is 0.840. The molecule has 130 valence electrons. The van der Waals surface area contributed by atoms with E-state index in [1.807, 2.05) is 12.1 Å². The van der Waals surface area contributed by atoms with Gasteiger partial charge in [0.25, 0.3) is 0 Å². The lowest BCUT2D eigenvalue weighted by Crippen LogP contribution is -2.36. The van der Waals surface area contributed by atoms with Gasteiger partial charge in [-0.1, -0.05) is 12.1 Å². The maximum atomic E-state index is 13.3. The smallest absolute Gasteiger partial charge is 0.123 e. The third kappa shape index (κ3) is 3.69. The minimum atomic E-state index is -0.198. The molecule has 0 spiro atoms. The lowest BCUT2D eigenvalue weighted by Gasteiger charge is -2.28. The zero-order valence-corrected chi connectivity index (χ0v) is 14.7. The zero-order chi connectivity index (χ0) is 17.1. The molecule has 1 aliphatic heterocycles. The molecule has 2 heterocycles. The van der Waals surface area contributed by atoms with Crippen molar-refractivity contribution in [3.05, 3.63) is 59.2 Å². The third-order valence-electron chi connectivity index (χ3n) is 4.74. The van der Waals surface area contributed by atoms with Crippen LogP contribution >= 0.6 is 0 Å². The van der Waals surface area contributed by atoms with E-state index in [9.17, 15) is 4.39 Å². The van der Waals surface area contributed by atoms with Crippen molar-refractivity contribution in [2.75, 3.05) is 40.4 Å². The number of halogens is 1. The fourth-order valence-corrected chi connectivity index (χ4v) is 3.37. The topological polar surface area (TPSA) is 20.6 Å². The van der Waals surface area contributed by atoms with Crippen LogP contribution in [0.4, 0.5) is 4.39 Å². The molecule has 5 heteroatoms. The van der Waals surface area contributed by atoms with E-state index >= 15 is 0 Å². The molecule has 4 nitrogen and oxygen atoms in total. The van der Waals surface area contributed by atoms with E-state index in [0.717, 1.165) is 38.4 Å². The Morgan fingerprint density at radius 1 is 1.08 bits per heavy atom. The van der Waals surface area contributed by atoms with E-state index in [1.165, 1.54) is 23.5 Å². The molecule has 0 bridgehead atoms. The number of aromatic nitrogens is 1. The Hall–Kier alpha value is -1.69. The van der Waals surface area contributed by atoms with Gasteiger partial charge in [0.05, 0.1) is 19.3 Å². The lowest BCUT2D eigenvalue weighted by atomic mass is 10.0. The first kappa shape index (κ1) is 17.1. The van der Waals surface area contributed by atoms with Crippen LogP contribution in [0.25, 0.3) is 0 Å². The van der Waals surface area contributed by atoms with Crippen molar-refractivity contribution < 1.29 is 9.13 Å². The molecule has 1 unspecified atom stereocenters. The summed E-state index contributed by atoms with van der Waals surface area (Å²) < 4.78 is 21.0. The van der Waals surface area contributed by atoms with Crippen LogP contribution in [0.3, 0.4) is 0 Å². The van der Waals surface area contributed by atoms with Crippen LogP contribution in [0.5, 0.6) is 0 Å². The largest absolute Gasteiger partial charge is 0.379 e. The second-order valence-electron chi connectivity index (χ2n) is 6.61. The number of hydrogen-bond donors (Lipinski definition) is 0. The SMILES string of the molecule is CN(C)C(c1ccc(F)cc1)c1ccc(CN2CCOCC2)n1C. The highest BCUT2D eigenvalue weighted by atomic mass is 19.1. The first-order valence-corrected chi connectivity index (χ1v) is 8.43. The molecule has 0 saturated carbocycles. The van der Waals surface area contributed by atoms with E-state index in [1.54, 1.807) is 0 Å². The van der Waals surface area contributed by atoms with Crippen LogP contribution in [0.2, 0.25) is 0 Å². The summed E-state index contributed by atoms with van der Waals surface area (Å²) in [6.07, 6.45) is 0. The molecule has 3 rings (SSSR count). The predicted molar refractivity (Wildman–Crippen MR) is 93.4 cm³/mol. The van der Waals surface area contributed by atoms with Gasteiger partial charge in [-0.05, 0) is 43.9 Å². The zero-order valence-electron chi connectivity index (χ0n) is 14.7. The van der Waals surface area contributed by atoms with E-state index < -0.39 is 0 Å². The molecule has 1 aromatic carbocycles. The van der Waals surface area contributed by atoms with Crippen LogP contribution in [-0.2, 0) is 18.3 Å². The van der Waals surface area contributed by atoms with Crippen molar-refractivity contribution in [2.45, 2.75) is 12.6 Å². The highest BCUT2D eigenvalue weighted by molar-refractivity contribution is 5.31. The molecular weight excluding hydrogens is 305 g/mol. The first-order valence-electron chi connectivity index (χ1n) is 8.43. The summed E-state index contributed by atoms with van der Waals surface area (Å²) in [6, 6.07) is 11.3. The lowest BCUT2D eigenvalue weighted by molar-refractivity contribution is 0.0332. The van der Waals surface area contributed by atoms with Crippen molar-refractivity contribution >= 4 is 0 Å². The van der Waals surface area contributed by atoms with Crippen LogP contribution in [-0.4, -0.2) is 54.8 Å². The molecule has 1 fully saturated rings. The summed E-state index contributed by atoms with van der Waals surface area (Å²) >= 11 is 0. The average Bonchev–Trinajstić information content (AvgIpc) is 2.91. The van der Waals surface area contributed by atoms with Gasteiger partial charge >= 0.3 is 0 Å². The van der Waals surface area contributed by atoms with Gasteiger partial charge < -0.3 is 9.30 Å². The number of morpholine rings is 1. The van der Waals surface area contributed by atoms with Crippen molar-refractivity contribution in [2.24, 2.45) is 7.05 Å². The fraction of sp³-hybridized carbons (Fsp3) is 0.474. The first-order chi connectivity index (χ1) is 11.6. The molecule has 2 aromatic rings. The molecule has 1 saturated heterocycles. The Kier molecular flexibility index (Phi) is 5.33. The Balaban J connectivity index is 1.84. The normalized spacial score (nSPS) is 17.4. The Bertz CT molecular complexity index is 660. The Labute approximate surface area is 143 Å². The van der Waals surface area contributed by atoms with Crippen molar-refractivity contribution in [3.8, 4) is 0 Å². The highest BCUT2D eigenvalue weighted by Crippen LogP contribution is 2.28. The number of rotatable bonds is 5. The Morgan fingerprint density at radius 3 is 2.38 bits per heavy atom. The minimum absolute atomic E-state index is 0.106. The summed E-state index contributed by atoms with van der Waals surface area (Å²) in [7, 11) is 6.23. The Morgan fingerprint density at radius 2 is 1.75 bits per heavy atom. The van der Waals surface area contributed by atoms with Gasteiger partial charge in [0.15, 0.2) is 0 Å². The van der Waals surface area contributed by atoms with Crippen molar-refractivity contribution in [3.63, 3.8) is 0 Å². The molecule has 0 N–H and O–H groups in total. The van der Waals surface area contributed by atoms with Gasteiger partial charge in [-0.15, -0.1) is 0 Å². The molecule has 0 amide bonds. The standard InChI is InChI=1S/C19H26FN3O/c1-21(2)19(15-4-6-16(20)7-5-15)18-9-8-17(22(18)3)14-23-10-12-24-13-11-23/h4-9,19H,10-14H2,1-3H3. The summed E-state index contributed by atoms with van der Waals surface area (Å²) in [5.74, 6) is -0.198. The highest BCUT2D eigenvalue weighted by Gasteiger charge is 2.21. The summed E-state index contributed by atoms with van der Waals surface area (Å²) in [4.78, 5) is 4.59. The third-order valence-corrected chi connectivity index (χ3v) is 4.74. The van der Waals surface area contributed by atoms with Crippen LogP contribution in [0, 0.1) is 5.82 Å². The maximum Gasteiger partial charge on any atom is 0.123 e. The summed E-state index contributed by atoms with van der Waals surface area (Å²) in [6.45, 7) is 4.52. The van der Waals surface area contributed by atoms with Gasteiger partial charge in [-0.2, -0.15) is 0 Å². The fourth-order valence-electron chi connectivity index (χ4n) is 3.37. The average molecular weight is 331 g/mol. The van der Waals surface area contributed by atoms with Gasteiger partial charge in [0.1, 0.15) is 5.82 Å². The number of nitrogens with zero attached hydrogens (tertiary/aromatic N) is 3. The van der Waals surface area contributed by atoms with Crippen LogP contribution < -0.4 is 0 Å². The molecule has 1 atom stereocenters. The van der Waals surface area contributed by atoms with Crippen molar-refractivity contribution in [1.29, 1.82) is 0 Å². The second-order valence-corrected chi connectivity index (χ2v) is 6.61. The second kappa shape index (κ2) is 7.47. The maximum absolute atomic E-state index is 13.3.